The fraction of sp³-hybridized carbons (Fsp3) is 0.636. The third-order valence-corrected chi connectivity index (χ3v) is 4.13. The number of benzene rings is 1. The minimum absolute atomic E-state index is 0.0540. The van der Waals surface area contributed by atoms with Crippen molar-refractivity contribution in [1.29, 1.82) is 0 Å². The number of esters is 1. The van der Waals surface area contributed by atoms with Crippen LogP contribution in [0.2, 0.25) is 0 Å². The molecule has 1 amide bonds. The Balaban J connectivity index is 2.96. The lowest BCUT2D eigenvalue weighted by atomic mass is 10.1. The number of carbonyl (C=O) groups excluding carboxylic acids is 2. The van der Waals surface area contributed by atoms with Crippen LogP contribution < -0.4 is 5.32 Å². The molecule has 0 aliphatic heterocycles. The predicted molar refractivity (Wildman–Crippen MR) is 111 cm³/mol. The molecule has 6 heteroatoms. The fourth-order valence-electron chi connectivity index (χ4n) is 2.68. The van der Waals surface area contributed by atoms with Gasteiger partial charge >= 0.3 is 5.97 Å². The van der Waals surface area contributed by atoms with Crippen LogP contribution in [0.25, 0.3) is 0 Å². The maximum absolute atomic E-state index is 12.8. The first-order chi connectivity index (χ1) is 13.3. The van der Waals surface area contributed by atoms with Gasteiger partial charge in [-0.1, -0.05) is 37.3 Å². The van der Waals surface area contributed by atoms with Crippen LogP contribution in [0.15, 0.2) is 30.3 Å². The Kier molecular flexibility index (Phi) is 10.8. The van der Waals surface area contributed by atoms with Crippen molar-refractivity contribution in [3.8, 4) is 0 Å². The van der Waals surface area contributed by atoms with Gasteiger partial charge < -0.3 is 14.8 Å². The number of nitrogens with zero attached hydrogens (tertiary/aromatic N) is 1. The fourth-order valence-corrected chi connectivity index (χ4v) is 2.68. The third kappa shape index (κ3) is 9.85. The molecule has 0 bridgehead atoms. The molecule has 158 valence electrons. The topological polar surface area (TPSA) is 67.9 Å². The van der Waals surface area contributed by atoms with Gasteiger partial charge in [0.05, 0.1) is 25.4 Å². The molecule has 0 aliphatic rings. The minimum Gasteiger partial charge on any atom is -0.465 e. The zero-order valence-corrected chi connectivity index (χ0v) is 18.0. The first-order valence-electron chi connectivity index (χ1n) is 10.1. The van der Waals surface area contributed by atoms with E-state index < -0.39 is 6.04 Å². The van der Waals surface area contributed by atoms with E-state index in [4.69, 9.17) is 9.47 Å². The van der Waals surface area contributed by atoms with Crippen molar-refractivity contribution in [1.82, 2.24) is 10.2 Å². The van der Waals surface area contributed by atoms with Crippen LogP contribution in [0.3, 0.4) is 0 Å². The van der Waals surface area contributed by atoms with Crippen molar-refractivity contribution in [3.63, 3.8) is 0 Å². The zero-order valence-electron chi connectivity index (χ0n) is 18.0. The van der Waals surface area contributed by atoms with Crippen molar-refractivity contribution in [2.45, 2.75) is 59.1 Å². The monoisotopic (exact) mass is 392 g/mol. The molecule has 0 radical (unpaired) electrons. The molecule has 0 saturated heterocycles. The van der Waals surface area contributed by atoms with Crippen molar-refractivity contribution >= 4 is 11.9 Å². The zero-order chi connectivity index (χ0) is 21.0. The third-order valence-electron chi connectivity index (χ3n) is 4.13. The number of nitrogens with one attached hydrogen (secondary N) is 1. The highest BCUT2D eigenvalue weighted by atomic mass is 16.5. The van der Waals surface area contributed by atoms with E-state index in [1.807, 2.05) is 62.9 Å². The van der Waals surface area contributed by atoms with Crippen LogP contribution in [0, 0.1) is 0 Å². The average Bonchev–Trinajstić information content (AvgIpc) is 2.64. The lowest BCUT2D eigenvalue weighted by molar-refractivity contribution is -0.147. The molecule has 1 N–H and O–H groups in total. The second-order valence-corrected chi connectivity index (χ2v) is 7.74. The number of ether oxygens (including phenoxy) is 2. The Hall–Kier alpha value is -1.92. The highest BCUT2D eigenvalue weighted by Gasteiger charge is 2.29. The Bertz CT molecular complexity index is 584. The summed E-state index contributed by atoms with van der Waals surface area (Å²) in [7, 11) is 0. The van der Waals surface area contributed by atoms with Gasteiger partial charge in [-0.25, -0.2) is 0 Å². The van der Waals surface area contributed by atoms with Gasteiger partial charge in [0, 0.05) is 13.1 Å². The van der Waals surface area contributed by atoms with E-state index in [1.54, 1.807) is 6.92 Å². The maximum Gasteiger partial charge on any atom is 0.320 e. The molecule has 6 nitrogen and oxygen atoms in total. The summed E-state index contributed by atoms with van der Waals surface area (Å²) in [6.45, 7) is 11.4. The maximum atomic E-state index is 12.8. The van der Waals surface area contributed by atoms with Gasteiger partial charge in [-0.15, -0.1) is 0 Å². The molecule has 0 heterocycles. The Labute approximate surface area is 169 Å². The van der Waals surface area contributed by atoms with Crippen LogP contribution in [0.1, 0.15) is 46.6 Å². The molecule has 1 aromatic carbocycles. The molecule has 28 heavy (non-hydrogen) atoms. The van der Waals surface area contributed by atoms with Crippen LogP contribution in [0.5, 0.6) is 0 Å². The largest absolute Gasteiger partial charge is 0.465 e. The molecular formula is C22H36N2O4. The highest BCUT2D eigenvalue weighted by Crippen LogP contribution is 2.12. The van der Waals surface area contributed by atoms with Gasteiger partial charge in [-0.05, 0) is 46.1 Å². The summed E-state index contributed by atoms with van der Waals surface area (Å²) in [4.78, 5) is 26.9. The summed E-state index contributed by atoms with van der Waals surface area (Å²) < 4.78 is 11.0. The smallest absolute Gasteiger partial charge is 0.320 e. The molecule has 0 aromatic heterocycles. The number of amides is 1. The predicted octanol–water partition coefficient (Wildman–Crippen LogP) is 2.80. The molecule has 1 atom stereocenters. The summed E-state index contributed by atoms with van der Waals surface area (Å²) in [6.07, 6.45) is 1.58. The van der Waals surface area contributed by atoms with E-state index in [2.05, 4.69) is 5.32 Å². The summed E-state index contributed by atoms with van der Waals surface area (Å²) in [6, 6.07) is 9.47. The van der Waals surface area contributed by atoms with E-state index >= 15 is 0 Å². The molecule has 0 spiro atoms. The Morgan fingerprint density at radius 2 is 1.82 bits per heavy atom. The average molecular weight is 393 g/mol. The van der Waals surface area contributed by atoms with Gasteiger partial charge in [-0.3, -0.25) is 14.5 Å². The van der Waals surface area contributed by atoms with Gasteiger partial charge in [0.1, 0.15) is 6.04 Å². The van der Waals surface area contributed by atoms with E-state index in [0.29, 0.717) is 19.7 Å². The summed E-state index contributed by atoms with van der Waals surface area (Å²) >= 11 is 0. The molecule has 0 saturated carbocycles. The lowest BCUT2D eigenvalue weighted by Crippen LogP contribution is -2.53. The van der Waals surface area contributed by atoms with Gasteiger partial charge in [0.25, 0.3) is 0 Å². The molecule has 0 aliphatic carbocycles. The quantitative estimate of drug-likeness (QED) is 0.554. The first kappa shape index (κ1) is 24.1. The molecular weight excluding hydrogens is 356 g/mol. The van der Waals surface area contributed by atoms with E-state index in [-0.39, 0.29) is 30.6 Å². The van der Waals surface area contributed by atoms with Crippen LogP contribution in [0.4, 0.5) is 0 Å². The lowest BCUT2D eigenvalue weighted by Gasteiger charge is -2.32. The van der Waals surface area contributed by atoms with E-state index in [1.165, 1.54) is 0 Å². The standard InChI is InChI=1S/C22H36N2O4/c1-6-14-23-21(26)19(17-28-22(3,4)5)24(16-20(25)27-7-2)15-13-18-11-9-8-10-12-18/h8-12,19H,6-7,13-17H2,1-5H3,(H,23,26)/t19-/m0/s1. The molecule has 1 rings (SSSR count). The van der Waals surface area contributed by atoms with Crippen molar-refractivity contribution in [3.05, 3.63) is 35.9 Å². The Morgan fingerprint density at radius 1 is 1.14 bits per heavy atom. The molecule has 0 fully saturated rings. The van der Waals surface area contributed by atoms with Crippen molar-refractivity contribution < 1.29 is 19.1 Å². The molecule has 0 unspecified atom stereocenters. The number of hydrogen-bond donors (Lipinski definition) is 1. The normalized spacial score (nSPS) is 12.6. The first-order valence-corrected chi connectivity index (χ1v) is 10.1. The van der Waals surface area contributed by atoms with Crippen LogP contribution >= 0.6 is 0 Å². The van der Waals surface area contributed by atoms with Gasteiger partial charge in [0.2, 0.25) is 5.91 Å². The summed E-state index contributed by atoms with van der Waals surface area (Å²) in [5.41, 5.74) is 0.777. The second-order valence-electron chi connectivity index (χ2n) is 7.74. The van der Waals surface area contributed by atoms with Crippen LogP contribution in [-0.2, 0) is 25.5 Å². The summed E-state index contributed by atoms with van der Waals surface area (Å²) in [5.74, 6) is -0.455. The van der Waals surface area contributed by atoms with Gasteiger partial charge in [-0.2, -0.15) is 0 Å². The number of carbonyl (C=O) groups is 2. The van der Waals surface area contributed by atoms with Gasteiger partial charge in [0.15, 0.2) is 0 Å². The van der Waals surface area contributed by atoms with Crippen molar-refractivity contribution in [2.75, 3.05) is 32.8 Å². The minimum atomic E-state index is -0.557. The van der Waals surface area contributed by atoms with E-state index in [9.17, 15) is 9.59 Å². The van der Waals surface area contributed by atoms with Crippen LogP contribution in [-0.4, -0.2) is 61.3 Å². The number of hydrogen-bond acceptors (Lipinski definition) is 5. The summed E-state index contributed by atoms with van der Waals surface area (Å²) in [5, 5.41) is 2.94. The number of rotatable bonds is 12. The van der Waals surface area contributed by atoms with E-state index in [0.717, 1.165) is 18.4 Å². The Morgan fingerprint density at radius 3 is 2.39 bits per heavy atom. The second kappa shape index (κ2) is 12.5. The SMILES string of the molecule is CCCNC(=O)[C@H](COC(C)(C)C)N(CCc1ccccc1)CC(=O)OCC. The van der Waals surface area contributed by atoms with Crippen molar-refractivity contribution in [2.24, 2.45) is 0 Å². The highest BCUT2D eigenvalue weighted by molar-refractivity contribution is 5.82. The molecule has 1 aromatic rings.